The maximum absolute atomic E-state index is 5.17. The predicted molar refractivity (Wildman–Crippen MR) is 243 cm³/mol. The predicted octanol–water partition coefficient (Wildman–Crippen LogP) is 14.4. The molecule has 0 saturated carbocycles. The van der Waals surface area contributed by atoms with Gasteiger partial charge >= 0.3 is 0 Å². The molecular weight excluding hydrogens is 711 g/mol. The number of para-hydroxylation sites is 2. The number of rotatable bonds is 3. The van der Waals surface area contributed by atoms with Gasteiger partial charge in [0, 0.05) is 49.7 Å². The van der Waals surface area contributed by atoms with Crippen molar-refractivity contribution in [3.8, 4) is 16.8 Å². The van der Waals surface area contributed by atoms with Gasteiger partial charge in [0.05, 0.1) is 21.8 Å². The summed E-state index contributed by atoms with van der Waals surface area (Å²) in [6, 6.07) is 58.5. The highest BCUT2D eigenvalue weighted by Gasteiger charge is 2.39. The van der Waals surface area contributed by atoms with Gasteiger partial charge in [-0.25, -0.2) is 4.98 Å². The Morgan fingerprint density at radius 1 is 0.474 bits per heavy atom. The van der Waals surface area contributed by atoms with Gasteiger partial charge < -0.3 is 9.47 Å². The van der Waals surface area contributed by atoms with Crippen LogP contribution < -0.4 is 4.90 Å². The number of hydrogen-bond donors (Lipinski definition) is 0. The number of aromatic nitrogens is 2. The molecule has 2 aliphatic rings. The first-order chi connectivity index (χ1) is 28.3. The van der Waals surface area contributed by atoms with E-state index in [2.05, 4.69) is 191 Å². The van der Waals surface area contributed by atoms with Crippen molar-refractivity contribution >= 4 is 97.1 Å². The summed E-state index contributed by atoms with van der Waals surface area (Å²) in [7, 11) is 0. The van der Waals surface area contributed by atoms with Crippen molar-refractivity contribution in [2.24, 2.45) is 0 Å². The van der Waals surface area contributed by atoms with E-state index in [1.807, 2.05) is 17.5 Å². The lowest BCUT2D eigenvalue weighted by molar-refractivity contribution is 0.740. The summed E-state index contributed by atoms with van der Waals surface area (Å²) >= 11 is 1.85. The molecule has 0 saturated heterocycles. The molecule has 4 heteroatoms. The van der Waals surface area contributed by atoms with Crippen molar-refractivity contribution in [2.45, 2.75) is 12.0 Å². The minimum Gasteiger partial charge on any atom is -0.317 e. The van der Waals surface area contributed by atoms with Gasteiger partial charge in [0.1, 0.15) is 0 Å². The molecule has 0 spiro atoms. The van der Waals surface area contributed by atoms with Gasteiger partial charge in [-0.2, -0.15) is 0 Å². The Morgan fingerprint density at radius 3 is 1.79 bits per heavy atom. The molecule has 3 nitrogen and oxygen atoms in total. The molecule has 13 rings (SSSR count). The summed E-state index contributed by atoms with van der Waals surface area (Å²) in [5.41, 5.74) is 8.65. The minimum atomic E-state index is 0.140. The second-order valence-electron chi connectivity index (χ2n) is 15.4. The summed E-state index contributed by atoms with van der Waals surface area (Å²) in [4.78, 5) is 7.66. The van der Waals surface area contributed by atoms with Crippen molar-refractivity contribution in [3.63, 3.8) is 0 Å². The van der Waals surface area contributed by atoms with Crippen molar-refractivity contribution in [1.29, 1.82) is 0 Å². The lowest BCUT2D eigenvalue weighted by atomic mass is 9.91. The molecule has 2 atom stereocenters. The van der Waals surface area contributed by atoms with Crippen molar-refractivity contribution in [2.75, 3.05) is 4.90 Å². The van der Waals surface area contributed by atoms with Crippen LogP contribution in [0.5, 0.6) is 0 Å². The van der Waals surface area contributed by atoms with Crippen LogP contribution in [0.25, 0.3) is 91.1 Å². The van der Waals surface area contributed by atoms with Crippen LogP contribution in [0.3, 0.4) is 0 Å². The maximum atomic E-state index is 5.17. The van der Waals surface area contributed by atoms with Crippen LogP contribution in [0.15, 0.2) is 188 Å². The molecule has 0 radical (unpaired) electrons. The topological polar surface area (TPSA) is 21.1 Å². The fourth-order valence-corrected chi connectivity index (χ4v) is 11.2. The fraction of sp³-hybridized carbons (Fsp3) is 0.0377. The first-order valence-corrected chi connectivity index (χ1v) is 20.5. The molecule has 0 bridgehead atoms. The monoisotopic (exact) mass is 743 g/mol. The Morgan fingerprint density at radius 2 is 1.07 bits per heavy atom. The quantitative estimate of drug-likeness (QED) is 0.168. The number of benzene rings is 8. The maximum Gasteiger partial charge on any atom is 0.151 e. The molecule has 3 aromatic heterocycles. The molecule has 0 amide bonds. The molecule has 1 aliphatic carbocycles. The largest absolute Gasteiger partial charge is 0.317 e. The normalized spacial score (nSPS) is 16.2. The van der Waals surface area contributed by atoms with Gasteiger partial charge in [-0.15, -0.1) is 11.3 Å². The van der Waals surface area contributed by atoms with E-state index in [0.29, 0.717) is 0 Å². The highest BCUT2D eigenvalue weighted by atomic mass is 32.1. The Bertz CT molecular complexity index is 3480. The zero-order valence-electron chi connectivity index (χ0n) is 30.8. The number of thiophene rings is 1. The average Bonchev–Trinajstić information content (AvgIpc) is 3.94. The summed E-state index contributed by atoms with van der Waals surface area (Å²) in [5, 5.41) is 12.9. The Labute approximate surface area is 332 Å². The standard InChI is InChI=1S/C53H33N3S/c1-2-13-37-35(11-1)36-12-3-4-14-38(36)44-29-32(21-24-39(37)44)33-22-26-51-46(30-33)43-27-28-54-53(52(43)57-51)56-49-20-10-7-17-42(49)45-31-34(23-25-50(45)56)55-47-18-8-5-15-40(47)41-16-6-9-19-48(41)55/h1-31,42,49H. The first kappa shape index (κ1) is 31.2. The van der Waals surface area contributed by atoms with Crippen LogP contribution in [-0.2, 0) is 0 Å². The molecule has 0 fully saturated rings. The van der Waals surface area contributed by atoms with Crippen LogP contribution in [0.4, 0.5) is 11.5 Å². The lowest BCUT2D eigenvalue weighted by Gasteiger charge is -2.28. The molecule has 1 aliphatic heterocycles. The highest BCUT2D eigenvalue weighted by Crippen LogP contribution is 2.51. The van der Waals surface area contributed by atoms with E-state index >= 15 is 0 Å². The lowest BCUT2D eigenvalue weighted by Crippen LogP contribution is -2.29. The summed E-state index contributed by atoms with van der Waals surface area (Å²) in [6.45, 7) is 0. The van der Waals surface area contributed by atoms with Crippen molar-refractivity contribution < 1.29 is 0 Å². The van der Waals surface area contributed by atoms with E-state index in [0.717, 1.165) is 5.82 Å². The number of pyridine rings is 1. The third kappa shape index (κ3) is 4.39. The summed E-state index contributed by atoms with van der Waals surface area (Å²) in [5.74, 6) is 1.25. The van der Waals surface area contributed by atoms with Crippen LogP contribution in [-0.4, -0.2) is 15.6 Å². The van der Waals surface area contributed by atoms with E-state index < -0.39 is 0 Å². The van der Waals surface area contributed by atoms with Gasteiger partial charge in [0.15, 0.2) is 5.82 Å². The second-order valence-corrected chi connectivity index (χ2v) is 16.5. The third-order valence-corrected chi connectivity index (χ3v) is 13.7. The molecule has 57 heavy (non-hydrogen) atoms. The molecular formula is C53H33N3S. The van der Waals surface area contributed by atoms with Gasteiger partial charge in [0.2, 0.25) is 0 Å². The first-order valence-electron chi connectivity index (χ1n) is 19.7. The number of fused-ring (bicyclic) bond motifs is 15. The van der Waals surface area contributed by atoms with Crippen LogP contribution in [0.2, 0.25) is 0 Å². The Hall–Kier alpha value is -7.01. The number of nitrogens with zero attached hydrogens (tertiary/aromatic N) is 3. The van der Waals surface area contributed by atoms with E-state index in [-0.39, 0.29) is 12.0 Å². The van der Waals surface area contributed by atoms with Gasteiger partial charge in [-0.05, 0) is 104 Å². The van der Waals surface area contributed by atoms with Crippen LogP contribution in [0.1, 0.15) is 11.5 Å². The molecule has 11 aromatic rings. The van der Waals surface area contributed by atoms with Crippen molar-refractivity contribution in [3.05, 3.63) is 194 Å². The molecule has 8 aromatic carbocycles. The zero-order chi connectivity index (χ0) is 37.2. The third-order valence-electron chi connectivity index (χ3n) is 12.5. The van der Waals surface area contributed by atoms with E-state index in [9.17, 15) is 0 Å². The number of hydrogen-bond acceptors (Lipinski definition) is 3. The average molecular weight is 744 g/mol. The second kappa shape index (κ2) is 11.8. The fourth-order valence-electron chi connectivity index (χ4n) is 10.0. The molecule has 4 heterocycles. The minimum absolute atomic E-state index is 0.140. The van der Waals surface area contributed by atoms with Crippen LogP contribution in [0, 0.1) is 0 Å². The van der Waals surface area contributed by atoms with E-state index in [4.69, 9.17) is 4.98 Å². The summed E-state index contributed by atoms with van der Waals surface area (Å²) in [6.07, 6.45) is 11.1. The molecule has 2 unspecified atom stereocenters. The van der Waals surface area contributed by atoms with Gasteiger partial charge in [-0.3, -0.25) is 0 Å². The Kier molecular flexibility index (Phi) is 6.44. The SMILES string of the molecule is C1=CC2c3cc(-n4c5ccccc5c5ccccc54)ccc3N(c3nccc4c3sc3ccc(-c5ccc6c7ccccc7c7ccccc7c6c5)cc34)C2C=C1. The smallest absolute Gasteiger partial charge is 0.151 e. The van der Waals surface area contributed by atoms with Crippen molar-refractivity contribution in [1.82, 2.24) is 9.55 Å². The van der Waals surface area contributed by atoms with Gasteiger partial charge in [0.25, 0.3) is 0 Å². The van der Waals surface area contributed by atoms with E-state index in [1.54, 1.807) is 0 Å². The number of allylic oxidation sites excluding steroid dienone is 2. The Balaban J connectivity index is 0.955. The van der Waals surface area contributed by atoms with Gasteiger partial charge in [-0.1, -0.05) is 127 Å². The summed E-state index contributed by atoms with van der Waals surface area (Å²) < 4.78 is 4.92. The molecule has 266 valence electrons. The van der Waals surface area contributed by atoms with E-state index in [1.165, 1.54) is 102 Å². The number of anilines is 2. The molecule has 0 N–H and O–H groups in total. The highest BCUT2D eigenvalue weighted by molar-refractivity contribution is 7.26. The van der Waals surface area contributed by atoms with Crippen LogP contribution >= 0.6 is 11.3 Å². The zero-order valence-corrected chi connectivity index (χ0v) is 31.6.